The Bertz CT molecular complexity index is 1200. The first-order valence-corrected chi connectivity index (χ1v) is 13.6. The topological polar surface area (TPSA) is 66.8 Å². The van der Waals surface area contributed by atoms with Crippen molar-refractivity contribution in [3.05, 3.63) is 103 Å². The molecule has 4 atom stereocenters. The van der Waals surface area contributed by atoms with E-state index in [9.17, 15) is 14.7 Å². The summed E-state index contributed by atoms with van der Waals surface area (Å²) in [6.07, 6.45) is -0.166. The number of nitrogens with zero attached hydrogens (tertiary/aromatic N) is 1. The molecule has 1 amide bonds. The molecule has 1 heterocycles. The molecule has 188 valence electrons. The number of halogens is 3. The summed E-state index contributed by atoms with van der Waals surface area (Å²) in [6.45, 7) is 1.91. The highest BCUT2D eigenvalue weighted by molar-refractivity contribution is 14.1. The normalized spacial score (nSPS) is 20.8. The first-order valence-electron chi connectivity index (χ1n) is 11.7. The van der Waals surface area contributed by atoms with Gasteiger partial charge in [-0.1, -0.05) is 72.9 Å². The minimum absolute atomic E-state index is 0.328. The van der Waals surface area contributed by atoms with E-state index in [0.717, 1.165) is 20.3 Å². The van der Waals surface area contributed by atoms with Crippen molar-refractivity contribution in [2.45, 2.75) is 50.5 Å². The summed E-state index contributed by atoms with van der Waals surface area (Å²) in [5.41, 5.74) is 2.50. The van der Waals surface area contributed by atoms with E-state index in [1.54, 1.807) is 24.3 Å². The number of rotatable bonds is 8. The van der Waals surface area contributed by atoms with Crippen molar-refractivity contribution in [1.82, 2.24) is 4.90 Å². The molecule has 0 bridgehead atoms. The number of carbonyl (C=O) groups excluding carboxylic acids is 1. The van der Waals surface area contributed by atoms with E-state index in [4.69, 9.17) is 27.9 Å². The minimum Gasteiger partial charge on any atom is -0.480 e. The molecule has 1 fully saturated rings. The van der Waals surface area contributed by atoms with Gasteiger partial charge in [-0.3, -0.25) is 4.79 Å². The molecule has 3 aromatic carbocycles. The van der Waals surface area contributed by atoms with Crippen LogP contribution in [0, 0.1) is 3.57 Å². The standard InChI is InChI=1S/C28H26Cl2INO4/c1-2-3-23(28(34)35)32-25(18-6-10-20(29)11-7-18)26(19-8-12-21(30)13-9-19)36-24(27(32)33)16-17-4-14-22(31)15-5-17/h4-15,23-26H,2-3,16H2,1H3,(H,34,35)/t23?,24-,25+,26-/m1/s1. The van der Waals surface area contributed by atoms with Gasteiger partial charge in [-0.2, -0.15) is 0 Å². The van der Waals surface area contributed by atoms with Gasteiger partial charge in [-0.25, -0.2) is 4.79 Å². The number of aliphatic carboxylic acids is 1. The summed E-state index contributed by atoms with van der Waals surface area (Å²) in [7, 11) is 0. The lowest BCUT2D eigenvalue weighted by Gasteiger charge is -2.47. The van der Waals surface area contributed by atoms with E-state index >= 15 is 0 Å². The lowest BCUT2D eigenvalue weighted by molar-refractivity contribution is -0.184. The Hall–Kier alpha value is -2.13. The van der Waals surface area contributed by atoms with Crippen LogP contribution in [0.3, 0.4) is 0 Å². The molecule has 1 saturated heterocycles. The van der Waals surface area contributed by atoms with Gasteiger partial charge in [0.25, 0.3) is 5.91 Å². The number of benzene rings is 3. The second kappa shape index (κ2) is 11.9. The molecule has 0 spiro atoms. The van der Waals surface area contributed by atoms with Crippen LogP contribution in [0.1, 0.15) is 48.6 Å². The smallest absolute Gasteiger partial charge is 0.326 e. The van der Waals surface area contributed by atoms with Crippen molar-refractivity contribution >= 4 is 57.7 Å². The van der Waals surface area contributed by atoms with Gasteiger partial charge in [0.1, 0.15) is 18.2 Å². The van der Waals surface area contributed by atoms with Gasteiger partial charge in [0, 0.05) is 20.0 Å². The quantitative estimate of drug-likeness (QED) is 0.268. The van der Waals surface area contributed by atoms with Crippen LogP contribution in [0.25, 0.3) is 0 Å². The van der Waals surface area contributed by atoms with Crippen LogP contribution in [0.4, 0.5) is 0 Å². The van der Waals surface area contributed by atoms with Crippen LogP contribution in [0.2, 0.25) is 10.0 Å². The van der Waals surface area contributed by atoms with Crippen molar-refractivity contribution in [1.29, 1.82) is 0 Å². The van der Waals surface area contributed by atoms with Crippen molar-refractivity contribution in [3.63, 3.8) is 0 Å². The maximum absolute atomic E-state index is 14.0. The third-order valence-electron chi connectivity index (χ3n) is 6.35. The Morgan fingerprint density at radius 2 is 1.53 bits per heavy atom. The summed E-state index contributed by atoms with van der Waals surface area (Å²) in [5.74, 6) is -1.37. The number of carboxylic acids is 1. The molecule has 4 rings (SSSR count). The van der Waals surface area contributed by atoms with Gasteiger partial charge >= 0.3 is 5.97 Å². The molecule has 3 aromatic rings. The number of ether oxygens (including phenoxy) is 1. The summed E-state index contributed by atoms with van der Waals surface area (Å²) < 4.78 is 7.62. The van der Waals surface area contributed by atoms with E-state index < -0.39 is 30.3 Å². The Balaban J connectivity index is 1.84. The van der Waals surface area contributed by atoms with Crippen molar-refractivity contribution in [2.75, 3.05) is 0 Å². The van der Waals surface area contributed by atoms with Crippen LogP contribution >= 0.6 is 45.8 Å². The fourth-order valence-corrected chi connectivity index (χ4v) is 5.25. The molecule has 8 heteroatoms. The number of morpholine rings is 1. The molecule has 1 unspecified atom stereocenters. The van der Waals surface area contributed by atoms with Gasteiger partial charge in [0.05, 0.1) is 6.04 Å². The summed E-state index contributed by atoms with van der Waals surface area (Å²) in [5, 5.41) is 11.3. The van der Waals surface area contributed by atoms with Gasteiger partial charge < -0.3 is 14.7 Å². The van der Waals surface area contributed by atoms with E-state index in [1.807, 2.05) is 55.5 Å². The largest absolute Gasteiger partial charge is 0.480 e. The molecule has 1 N–H and O–H groups in total. The van der Waals surface area contributed by atoms with Crippen LogP contribution < -0.4 is 0 Å². The van der Waals surface area contributed by atoms with Gasteiger partial charge in [0.15, 0.2) is 0 Å². The third-order valence-corrected chi connectivity index (χ3v) is 7.58. The molecule has 0 aliphatic carbocycles. The number of amides is 1. The van der Waals surface area contributed by atoms with E-state index in [2.05, 4.69) is 22.6 Å². The number of carboxylic acid groups (broad SMARTS) is 1. The van der Waals surface area contributed by atoms with E-state index in [-0.39, 0.29) is 5.91 Å². The molecule has 0 aromatic heterocycles. The zero-order chi connectivity index (χ0) is 25.8. The van der Waals surface area contributed by atoms with Crippen LogP contribution in [-0.2, 0) is 20.7 Å². The predicted octanol–water partition coefficient (Wildman–Crippen LogP) is 7.10. The molecule has 5 nitrogen and oxygen atoms in total. The Morgan fingerprint density at radius 3 is 2.06 bits per heavy atom. The third kappa shape index (κ3) is 6.05. The van der Waals surface area contributed by atoms with Gasteiger partial charge in [0.2, 0.25) is 0 Å². The second-order valence-electron chi connectivity index (χ2n) is 8.81. The first kappa shape index (κ1) is 26.9. The minimum atomic E-state index is -1.03. The SMILES string of the molecule is CCCC(C(=O)O)N1C(=O)[C@@H](Cc2ccc(I)cc2)O[C@H](c2ccc(Cl)cc2)[C@@H]1c1ccc(Cl)cc1. The van der Waals surface area contributed by atoms with Gasteiger partial charge in [-0.15, -0.1) is 0 Å². The number of carbonyl (C=O) groups is 2. The first-order chi connectivity index (χ1) is 17.3. The molecule has 1 aliphatic rings. The summed E-state index contributed by atoms with van der Waals surface area (Å²) in [6, 6.07) is 20.6. The Kier molecular flexibility index (Phi) is 8.93. The Labute approximate surface area is 234 Å². The highest BCUT2D eigenvalue weighted by Crippen LogP contribution is 2.44. The lowest BCUT2D eigenvalue weighted by Crippen LogP contribution is -2.57. The summed E-state index contributed by atoms with van der Waals surface area (Å²) in [4.78, 5) is 28.0. The highest BCUT2D eigenvalue weighted by atomic mass is 127. The van der Waals surface area contributed by atoms with Crippen LogP contribution in [0.5, 0.6) is 0 Å². The lowest BCUT2D eigenvalue weighted by atomic mass is 9.88. The molecular formula is C28H26Cl2INO4. The van der Waals surface area contributed by atoms with Crippen molar-refractivity contribution in [3.8, 4) is 0 Å². The van der Waals surface area contributed by atoms with Gasteiger partial charge in [-0.05, 0) is 82.1 Å². The molecular weight excluding hydrogens is 612 g/mol. The highest BCUT2D eigenvalue weighted by Gasteiger charge is 2.48. The monoisotopic (exact) mass is 637 g/mol. The Morgan fingerprint density at radius 1 is 0.972 bits per heavy atom. The van der Waals surface area contributed by atoms with Crippen molar-refractivity contribution in [2.24, 2.45) is 0 Å². The maximum Gasteiger partial charge on any atom is 0.326 e. The second-order valence-corrected chi connectivity index (χ2v) is 10.9. The maximum atomic E-state index is 14.0. The van der Waals surface area contributed by atoms with Crippen molar-refractivity contribution < 1.29 is 19.4 Å². The fourth-order valence-electron chi connectivity index (χ4n) is 4.64. The summed E-state index contributed by atoms with van der Waals surface area (Å²) >= 11 is 14.5. The zero-order valence-electron chi connectivity index (χ0n) is 19.6. The van der Waals surface area contributed by atoms with E-state index in [0.29, 0.717) is 29.3 Å². The fraction of sp³-hybridized carbons (Fsp3) is 0.286. The average Bonchev–Trinajstić information content (AvgIpc) is 2.86. The number of hydrogen-bond acceptors (Lipinski definition) is 3. The molecule has 0 radical (unpaired) electrons. The van der Waals surface area contributed by atoms with Crippen LogP contribution in [-0.4, -0.2) is 34.0 Å². The number of hydrogen-bond donors (Lipinski definition) is 1. The molecule has 0 saturated carbocycles. The average molecular weight is 638 g/mol. The van der Waals surface area contributed by atoms with E-state index in [1.165, 1.54) is 4.90 Å². The molecule has 1 aliphatic heterocycles. The molecule has 36 heavy (non-hydrogen) atoms. The zero-order valence-corrected chi connectivity index (χ0v) is 23.3. The predicted molar refractivity (Wildman–Crippen MR) is 149 cm³/mol. The van der Waals surface area contributed by atoms with Crippen LogP contribution in [0.15, 0.2) is 72.8 Å².